The van der Waals surface area contributed by atoms with E-state index in [1.807, 2.05) is 19.9 Å². The Balaban J connectivity index is 2.27. The van der Waals surface area contributed by atoms with Crippen LogP contribution in [0.2, 0.25) is 5.02 Å². The molecule has 1 aromatic heterocycles. The number of anilines is 1. The van der Waals surface area contributed by atoms with Gasteiger partial charge in [0.15, 0.2) is 0 Å². The van der Waals surface area contributed by atoms with E-state index < -0.39 is 0 Å². The van der Waals surface area contributed by atoms with Gasteiger partial charge in [0.2, 0.25) is 5.95 Å². The van der Waals surface area contributed by atoms with Gasteiger partial charge in [-0.15, -0.1) is 4.98 Å². The molecule has 0 spiro atoms. The molecule has 0 bridgehead atoms. The summed E-state index contributed by atoms with van der Waals surface area (Å²) in [5.74, 6) is 1.00. The molecule has 0 amide bonds. The molecular formula is C14H17ClN4O2. The Morgan fingerprint density at radius 2 is 1.90 bits per heavy atom. The summed E-state index contributed by atoms with van der Waals surface area (Å²) in [6.45, 7) is 4.35. The van der Waals surface area contributed by atoms with Crippen molar-refractivity contribution in [1.82, 2.24) is 15.0 Å². The van der Waals surface area contributed by atoms with E-state index in [2.05, 4.69) is 20.3 Å². The smallest absolute Gasteiger partial charge is 0.330 e. The summed E-state index contributed by atoms with van der Waals surface area (Å²) in [6, 6.07) is 5.81. The molecule has 112 valence electrons. The zero-order valence-electron chi connectivity index (χ0n) is 12.2. The van der Waals surface area contributed by atoms with Crippen LogP contribution in [0.25, 0.3) is 0 Å². The van der Waals surface area contributed by atoms with Crippen molar-refractivity contribution in [2.24, 2.45) is 0 Å². The number of rotatable bonds is 6. The summed E-state index contributed by atoms with van der Waals surface area (Å²) in [6.07, 6.45) is 0.819. The van der Waals surface area contributed by atoms with E-state index in [0.29, 0.717) is 23.3 Å². The lowest BCUT2D eigenvalue weighted by atomic mass is 10.1. The van der Waals surface area contributed by atoms with Crippen molar-refractivity contribution >= 4 is 17.5 Å². The first kappa shape index (κ1) is 15.3. The molecule has 1 aromatic carbocycles. The minimum Gasteiger partial charge on any atom is -0.464 e. The highest BCUT2D eigenvalue weighted by molar-refractivity contribution is 6.31. The zero-order chi connectivity index (χ0) is 15.2. The van der Waals surface area contributed by atoms with Crippen molar-refractivity contribution in [3.63, 3.8) is 0 Å². The zero-order valence-corrected chi connectivity index (χ0v) is 12.9. The lowest BCUT2D eigenvalue weighted by Gasteiger charge is -2.09. The highest BCUT2D eigenvalue weighted by Gasteiger charge is 2.09. The predicted octanol–water partition coefficient (Wildman–Crippen LogP) is 3.32. The maximum atomic E-state index is 6.09. The molecule has 1 heterocycles. The molecule has 6 nitrogen and oxygen atoms in total. The summed E-state index contributed by atoms with van der Waals surface area (Å²) in [5, 5.41) is 3.55. The largest absolute Gasteiger partial charge is 0.464 e. The molecule has 7 heteroatoms. The van der Waals surface area contributed by atoms with Crippen LogP contribution in [0, 0.1) is 0 Å². The number of aromatic nitrogens is 3. The molecule has 0 aliphatic rings. The molecule has 0 aliphatic carbocycles. The topological polar surface area (TPSA) is 69.2 Å². The van der Waals surface area contributed by atoms with Crippen LogP contribution in [0.5, 0.6) is 17.8 Å². The summed E-state index contributed by atoms with van der Waals surface area (Å²) >= 11 is 6.09. The Labute approximate surface area is 128 Å². The molecular weight excluding hydrogens is 292 g/mol. The molecule has 0 atom stereocenters. The minimum absolute atomic E-state index is 0.169. The number of nitrogens with one attached hydrogen (secondary N) is 1. The van der Waals surface area contributed by atoms with E-state index >= 15 is 0 Å². The van der Waals surface area contributed by atoms with Crippen LogP contribution in [0.4, 0.5) is 5.95 Å². The monoisotopic (exact) mass is 308 g/mol. The molecule has 2 rings (SSSR count). The van der Waals surface area contributed by atoms with Gasteiger partial charge in [0.1, 0.15) is 5.75 Å². The van der Waals surface area contributed by atoms with E-state index in [0.717, 1.165) is 12.0 Å². The predicted molar refractivity (Wildman–Crippen MR) is 81.4 cm³/mol. The highest BCUT2D eigenvalue weighted by Crippen LogP contribution is 2.26. The maximum Gasteiger partial charge on any atom is 0.330 e. The third-order valence-corrected chi connectivity index (χ3v) is 3.07. The molecule has 0 aliphatic heterocycles. The molecule has 21 heavy (non-hydrogen) atoms. The lowest BCUT2D eigenvalue weighted by molar-refractivity contribution is 0.304. The maximum absolute atomic E-state index is 6.09. The fourth-order valence-corrected chi connectivity index (χ4v) is 1.93. The average Bonchev–Trinajstić information content (AvgIpc) is 2.49. The van der Waals surface area contributed by atoms with Gasteiger partial charge in [0.25, 0.3) is 0 Å². The van der Waals surface area contributed by atoms with Crippen molar-refractivity contribution < 1.29 is 9.47 Å². The van der Waals surface area contributed by atoms with Gasteiger partial charge in [-0.2, -0.15) is 9.97 Å². The van der Waals surface area contributed by atoms with E-state index in [-0.39, 0.29) is 12.0 Å². The Bertz CT molecular complexity index is 622. The van der Waals surface area contributed by atoms with Crippen LogP contribution >= 0.6 is 11.6 Å². The molecule has 0 unspecified atom stereocenters. The summed E-state index contributed by atoms with van der Waals surface area (Å²) in [4.78, 5) is 12.3. The fourth-order valence-electron chi connectivity index (χ4n) is 1.68. The number of halogens is 1. The van der Waals surface area contributed by atoms with Gasteiger partial charge in [-0.05, 0) is 37.1 Å². The Hall–Kier alpha value is -2.08. The lowest BCUT2D eigenvalue weighted by Crippen LogP contribution is -2.05. The molecule has 2 aromatic rings. The van der Waals surface area contributed by atoms with E-state index in [4.69, 9.17) is 21.1 Å². The van der Waals surface area contributed by atoms with E-state index in [9.17, 15) is 0 Å². The number of ether oxygens (including phenoxy) is 2. The Morgan fingerprint density at radius 1 is 1.14 bits per heavy atom. The Morgan fingerprint density at radius 3 is 2.57 bits per heavy atom. The van der Waals surface area contributed by atoms with Crippen molar-refractivity contribution in [3.8, 4) is 17.8 Å². The van der Waals surface area contributed by atoms with Crippen LogP contribution in [0.1, 0.15) is 19.4 Å². The molecule has 0 saturated heterocycles. The average molecular weight is 309 g/mol. The quantitative estimate of drug-likeness (QED) is 0.883. The molecule has 1 N–H and O–H groups in total. The molecule has 0 fully saturated rings. The number of aryl methyl sites for hydroxylation is 1. The summed E-state index contributed by atoms with van der Waals surface area (Å²) in [7, 11) is 1.71. The van der Waals surface area contributed by atoms with Crippen LogP contribution in [-0.2, 0) is 6.42 Å². The Kier molecular flexibility index (Phi) is 5.16. The van der Waals surface area contributed by atoms with Crippen molar-refractivity contribution in [3.05, 3.63) is 28.8 Å². The third kappa shape index (κ3) is 3.95. The van der Waals surface area contributed by atoms with Crippen LogP contribution < -0.4 is 14.8 Å². The normalized spacial score (nSPS) is 10.3. The standard InChI is InChI=1S/C14H17ClN4O2/c1-4-9-8-10(6-7-11(9)15)21-14-18-12(16-3)17-13(19-14)20-5-2/h6-8H,4-5H2,1-3H3,(H,16,17,18,19). The second-order valence-corrected chi connectivity index (χ2v) is 4.52. The summed E-state index contributed by atoms with van der Waals surface area (Å²) in [5.41, 5.74) is 1.00. The number of hydrogen-bond donors (Lipinski definition) is 1. The van der Waals surface area contributed by atoms with Crippen molar-refractivity contribution in [2.45, 2.75) is 20.3 Å². The van der Waals surface area contributed by atoms with Crippen LogP contribution in [0.15, 0.2) is 18.2 Å². The highest BCUT2D eigenvalue weighted by atomic mass is 35.5. The van der Waals surface area contributed by atoms with Crippen LogP contribution in [-0.4, -0.2) is 28.6 Å². The van der Waals surface area contributed by atoms with Gasteiger partial charge in [0.05, 0.1) is 6.61 Å². The van der Waals surface area contributed by atoms with Crippen molar-refractivity contribution in [2.75, 3.05) is 19.0 Å². The van der Waals surface area contributed by atoms with Gasteiger partial charge in [-0.3, -0.25) is 0 Å². The van der Waals surface area contributed by atoms with Crippen LogP contribution in [0.3, 0.4) is 0 Å². The minimum atomic E-state index is 0.169. The van der Waals surface area contributed by atoms with Crippen molar-refractivity contribution in [1.29, 1.82) is 0 Å². The fraction of sp³-hybridized carbons (Fsp3) is 0.357. The van der Waals surface area contributed by atoms with E-state index in [1.54, 1.807) is 19.2 Å². The second-order valence-electron chi connectivity index (χ2n) is 4.12. The first-order valence-corrected chi connectivity index (χ1v) is 7.07. The third-order valence-electron chi connectivity index (χ3n) is 2.70. The first-order chi connectivity index (χ1) is 10.2. The summed E-state index contributed by atoms with van der Waals surface area (Å²) < 4.78 is 11.0. The SMILES string of the molecule is CCOc1nc(NC)nc(Oc2ccc(Cl)c(CC)c2)n1. The van der Waals surface area contributed by atoms with Gasteiger partial charge in [-0.25, -0.2) is 0 Å². The first-order valence-electron chi connectivity index (χ1n) is 6.69. The second kappa shape index (κ2) is 7.08. The molecule has 0 saturated carbocycles. The van der Waals surface area contributed by atoms with E-state index in [1.165, 1.54) is 0 Å². The van der Waals surface area contributed by atoms with Gasteiger partial charge in [0, 0.05) is 12.1 Å². The van der Waals surface area contributed by atoms with Gasteiger partial charge in [-0.1, -0.05) is 18.5 Å². The number of hydrogen-bond acceptors (Lipinski definition) is 6. The number of nitrogens with zero attached hydrogens (tertiary/aromatic N) is 3. The van der Waals surface area contributed by atoms with Gasteiger partial charge < -0.3 is 14.8 Å². The molecule has 0 radical (unpaired) electrons. The number of benzene rings is 1. The van der Waals surface area contributed by atoms with Gasteiger partial charge >= 0.3 is 12.0 Å².